The van der Waals surface area contributed by atoms with E-state index in [0.717, 1.165) is 62.2 Å². The fraction of sp³-hybridized carbons (Fsp3) is 0.926. The number of carbonyl (C=O) groups excluding carboxylic acids is 1. The van der Waals surface area contributed by atoms with Crippen LogP contribution in [0.2, 0.25) is 0 Å². The molecule has 0 saturated carbocycles. The molecule has 0 aliphatic heterocycles. The molecule has 0 radical (unpaired) electrons. The zero-order chi connectivity index (χ0) is 50.6. The topological polar surface area (TPSA) is 177 Å². The lowest BCUT2D eigenvalue weighted by molar-refractivity contribution is -0.147. The number of rotatable bonds is 47. The standard InChI is InChI=1S/C54H105N3O10/c1-42(2)17-11-19-44(5)21-13-23-46(7)25-15-27-48(9)29-35-66-53(64)40-56(38-51(60)61)33-31-55(37-50(58)59)32-34-57(39-52(62)63)41-54(65)67-36-30-49(10)28-16-26-47(8)24-14-22-45(6)20-12-18-43(3)4/h42-49,53,64H,11-41H2,1-10H3,(H,58,59)(H,60,61)(H,62,63). The smallest absolute Gasteiger partial charge is 0.320 e. The Kier molecular flexibility index (Phi) is 39.0. The normalized spacial score (nSPS) is 15.3. The van der Waals surface area contributed by atoms with Gasteiger partial charge >= 0.3 is 23.9 Å². The summed E-state index contributed by atoms with van der Waals surface area (Å²) in [7, 11) is 0. The lowest BCUT2D eigenvalue weighted by Crippen LogP contribution is -2.46. The summed E-state index contributed by atoms with van der Waals surface area (Å²) >= 11 is 0. The minimum atomic E-state index is -1.21. The highest BCUT2D eigenvalue weighted by molar-refractivity contribution is 5.74. The molecule has 0 aromatic rings. The molecule has 4 N–H and O–H groups in total. The highest BCUT2D eigenvalue weighted by Gasteiger charge is 2.21. The maximum Gasteiger partial charge on any atom is 0.320 e. The predicted octanol–water partition coefficient (Wildman–Crippen LogP) is 11.0. The zero-order valence-corrected chi connectivity index (χ0v) is 44.7. The van der Waals surface area contributed by atoms with Gasteiger partial charge in [0.15, 0.2) is 6.29 Å². The Labute approximate surface area is 409 Å². The third kappa shape index (κ3) is 42.3. The zero-order valence-electron chi connectivity index (χ0n) is 44.7. The number of carbonyl (C=O) groups is 4. The highest BCUT2D eigenvalue weighted by Crippen LogP contribution is 2.24. The average Bonchev–Trinajstić information content (AvgIpc) is 3.20. The second-order valence-electron chi connectivity index (χ2n) is 22.0. The Bertz CT molecular complexity index is 1250. The monoisotopic (exact) mass is 956 g/mol. The number of esters is 1. The van der Waals surface area contributed by atoms with E-state index in [4.69, 9.17) is 9.47 Å². The van der Waals surface area contributed by atoms with Crippen molar-refractivity contribution in [2.45, 2.75) is 204 Å². The summed E-state index contributed by atoms with van der Waals surface area (Å²) in [5, 5.41) is 39.5. The molecule has 13 heteroatoms. The van der Waals surface area contributed by atoms with Crippen molar-refractivity contribution in [1.29, 1.82) is 0 Å². The summed E-state index contributed by atoms with van der Waals surface area (Å²) in [6.07, 6.45) is 22.9. The Morgan fingerprint density at radius 2 is 0.687 bits per heavy atom. The number of carboxylic acid groups (broad SMARTS) is 3. The third-order valence-corrected chi connectivity index (χ3v) is 13.6. The lowest BCUT2D eigenvalue weighted by atomic mass is 9.91. The third-order valence-electron chi connectivity index (χ3n) is 13.6. The van der Waals surface area contributed by atoms with E-state index in [1.807, 2.05) is 0 Å². The van der Waals surface area contributed by atoms with Crippen LogP contribution in [0.1, 0.15) is 198 Å². The summed E-state index contributed by atoms with van der Waals surface area (Å²) < 4.78 is 11.2. The van der Waals surface area contributed by atoms with E-state index in [0.29, 0.717) is 30.3 Å². The molecule has 0 aliphatic carbocycles. The molecular formula is C54H105N3O10. The van der Waals surface area contributed by atoms with Gasteiger partial charge in [-0.15, -0.1) is 0 Å². The number of aliphatic hydroxyl groups excluding tert-OH is 1. The van der Waals surface area contributed by atoms with Crippen LogP contribution in [0.15, 0.2) is 0 Å². The molecule has 0 amide bonds. The second-order valence-corrected chi connectivity index (χ2v) is 22.0. The van der Waals surface area contributed by atoms with Gasteiger partial charge in [0.05, 0.1) is 39.4 Å². The van der Waals surface area contributed by atoms with Gasteiger partial charge in [-0.3, -0.25) is 33.9 Å². The highest BCUT2D eigenvalue weighted by atomic mass is 16.6. The van der Waals surface area contributed by atoms with Gasteiger partial charge in [0, 0.05) is 32.7 Å². The van der Waals surface area contributed by atoms with Gasteiger partial charge in [-0.25, -0.2) is 0 Å². The van der Waals surface area contributed by atoms with E-state index >= 15 is 0 Å². The van der Waals surface area contributed by atoms with E-state index in [1.165, 1.54) is 99.7 Å². The van der Waals surface area contributed by atoms with Crippen molar-refractivity contribution in [3.63, 3.8) is 0 Å². The van der Waals surface area contributed by atoms with Gasteiger partial charge < -0.3 is 29.9 Å². The summed E-state index contributed by atoms with van der Waals surface area (Å²) in [5.41, 5.74) is 0. The summed E-state index contributed by atoms with van der Waals surface area (Å²) in [6.45, 7) is 22.6. The maximum atomic E-state index is 12.8. The molecular weight excluding hydrogens is 851 g/mol. The van der Waals surface area contributed by atoms with Gasteiger partial charge in [-0.05, 0) is 60.2 Å². The Morgan fingerprint density at radius 3 is 1.06 bits per heavy atom. The minimum absolute atomic E-state index is 0.0670. The Morgan fingerprint density at radius 1 is 0.388 bits per heavy atom. The largest absolute Gasteiger partial charge is 0.480 e. The fourth-order valence-electron chi connectivity index (χ4n) is 9.01. The first-order valence-corrected chi connectivity index (χ1v) is 26.9. The molecule has 396 valence electrons. The molecule has 13 nitrogen and oxygen atoms in total. The van der Waals surface area contributed by atoms with Crippen molar-refractivity contribution in [3.8, 4) is 0 Å². The van der Waals surface area contributed by atoms with Crippen LogP contribution in [0.5, 0.6) is 0 Å². The molecule has 0 heterocycles. The quantitative estimate of drug-likeness (QED) is 0.0335. The molecule has 0 saturated heterocycles. The molecule has 7 atom stereocenters. The number of hydrogen-bond donors (Lipinski definition) is 4. The number of aliphatic hydroxyl groups is 1. The SMILES string of the molecule is CC(C)CCCC(C)CCCC(C)CCCC(C)CCOC(=O)CN(CCN(CCN(CC(=O)O)CC(O)OCCC(C)CCCC(C)CCCC(C)CCCC(C)C)CC(=O)O)CC(=O)O. The Hall–Kier alpha value is -2.32. The molecule has 0 rings (SSSR count). The van der Waals surface area contributed by atoms with E-state index in [1.54, 1.807) is 4.90 Å². The van der Waals surface area contributed by atoms with Crippen LogP contribution < -0.4 is 0 Å². The van der Waals surface area contributed by atoms with Gasteiger partial charge in [0.2, 0.25) is 0 Å². The van der Waals surface area contributed by atoms with Crippen LogP contribution in [-0.2, 0) is 28.7 Å². The van der Waals surface area contributed by atoms with Gasteiger partial charge in [0.1, 0.15) is 0 Å². The first-order chi connectivity index (χ1) is 31.6. The van der Waals surface area contributed by atoms with Crippen molar-refractivity contribution in [2.75, 3.05) is 72.1 Å². The van der Waals surface area contributed by atoms with Crippen molar-refractivity contribution in [3.05, 3.63) is 0 Å². The van der Waals surface area contributed by atoms with Crippen molar-refractivity contribution in [1.82, 2.24) is 14.7 Å². The van der Waals surface area contributed by atoms with Crippen LogP contribution in [0.4, 0.5) is 0 Å². The summed E-state index contributed by atoms with van der Waals surface area (Å²) in [4.78, 5) is 52.5. The van der Waals surface area contributed by atoms with Crippen LogP contribution in [0.3, 0.4) is 0 Å². The van der Waals surface area contributed by atoms with Crippen molar-refractivity contribution < 1.29 is 49.1 Å². The number of ether oxygens (including phenoxy) is 2. The predicted molar refractivity (Wildman–Crippen MR) is 272 cm³/mol. The Balaban J connectivity index is 4.72. The minimum Gasteiger partial charge on any atom is -0.480 e. The fourth-order valence-corrected chi connectivity index (χ4v) is 9.01. The van der Waals surface area contributed by atoms with E-state index in [-0.39, 0.29) is 59.0 Å². The van der Waals surface area contributed by atoms with Crippen LogP contribution >= 0.6 is 0 Å². The van der Waals surface area contributed by atoms with Crippen LogP contribution in [0.25, 0.3) is 0 Å². The van der Waals surface area contributed by atoms with Crippen LogP contribution in [-0.4, -0.2) is 137 Å². The molecule has 0 fully saturated rings. The number of nitrogens with zero attached hydrogens (tertiary/aromatic N) is 3. The number of hydrogen-bond acceptors (Lipinski definition) is 10. The van der Waals surface area contributed by atoms with Gasteiger partial charge in [0.25, 0.3) is 0 Å². The van der Waals surface area contributed by atoms with E-state index in [2.05, 4.69) is 69.2 Å². The first kappa shape index (κ1) is 64.7. The molecule has 0 aliphatic rings. The molecule has 0 aromatic heterocycles. The average molecular weight is 956 g/mol. The van der Waals surface area contributed by atoms with Crippen molar-refractivity contribution >= 4 is 23.9 Å². The molecule has 0 aromatic carbocycles. The summed E-state index contributed by atoms with van der Waals surface area (Å²) in [6, 6.07) is 0. The first-order valence-electron chi connectivity index (χ1n) is 26.9. The second kappa shape index (κ2) is 40.4. The van der Waals surface area contributed by atoms with Crippen molar-refractivity contribution in [2.24, 2.45) is 47.3 Å². The molecule has 0 spiro atoms. The van der Waals surface area contributed by atoms with E-state index in [9.17, 15) is 39.6 Å². The van der Waals surface area contributed by atoms with Gasteiger partial charge in [-0.2, -0.15) is 0 Å². The molecule has 7 unspecified atom stereocenters. The summed E-state index contributed by atoms with van der Waals surface area (Å²) in [5.74, 6) is 1.56. The van der Waals surface area contributed by atoms with Gasteiger partial charge in [-0.1, -0.05) is 185 Å². The lowest BCUT2D eigenvalue weighted by Gasteiger charge is -2.29. The maximum absolute atomic E-state index is 12.8. The van der Waals surface area contributed by atoms with E-state index < -0.39 is 36.7 Å². The van der Waals surface area contributed by atoms with Crippen LogP contribution in [0, 0.1) is 47.3 Å². The number of carboxylic acids is 3. The molecule has 67 heavy (non-hydrogen) atoms. The molecule has 0 bridgehead atoms. The number of aliphatic carboxylic acids is 3.